The lowest BCUT2D eigenvalue weighted by Crippen LogP contribution is -2.05. The lowest BCUT2D eigenvalue weighted by molar-refractivity contribution is 0.805. The first-order valence-corrected chi connectivity index (χ1v) is 6.59. The molecule has 0 aliphatic heterocycles. The molecule has 3 rings (SSSR count). The van der Waals surface area contributed by atoms with Gasteiger partial charge in [-0.05, 0) is 49.9 Å². The van der Waals surface area contributed by atoms with E-state index in [9.17, 15) is 0 Å². The van der Waals surface area contributed by atoms with Gasteiger partial charge in [-0.25, -0.2) is 4.68 Å². The minimum absolute atomic E-state index is 0.808. The van der Waals surface area contributed by atoms with Crippen molar-refractivity contribution in [3.8, 4) is 5.69 Å². The predicted octanol–water partition coefficient (Wildman–Crippen LogP) is 3.01. The van der Waals surface area contributed by atoms with Gasteiger partial charge in [0, 0.05) is 10.0 Å². The highest BCUT2D eigenvalue weighted by Crippen LogP contribution is 2.30. The van der Waals surface area contributed by atoms with Gasteiger partial charge in [-0.3, -0.25) is 0 Å². The lowest BCUT2D eigenvalue weighted by Gasteiger charge is -2.09. The van der Waals surface area contributed by atoms with E-state index in [1.165, 1.54) is 23.2 Å². The highest BCUT2D eigenvalue weighted by Gasteiger charge is 2.21. The van der Waals surface area contributed by atoms with Crippen LogP contribution in [0.4, 0.5) is 5.82 Å². The summed E-state index contributed by atoms with van der Waals surface area (Å²) < 4.78 is 2.96. The quantitative estimate of drug-likeness (QED) is 0.878. The Morgan fingerprint density at radius 1 is 1.35 bits per heavy atom. The van der Waals surface area contributed by atoms with Crippen molar-refractivity contribution in [1.82, 2.24) is 9.78 Å². The Morgan fingerprint density at radius 2 is 2.18 bits per heavy atom. The van der Waals surface area contributed by atoms with Crippen LogP contribution in [0.2, 0.25) is 0 Å². The molecule has 0 spiro atoms. The van der Waals surface area contributed by atoms with Crippen LogP contribution < -0.4 is 5.73 Å². The Labute approximate surface area is 109 Å². The number of anilines is 1. The molecule has 1 aromatic carbocycles. The Hall–Kier alpha value is -1.29. The van der Waals surface area contributed by atoms with Crippen molar-refractivity contribution >= 4 is 21.7 Å². The van der Waals surface area contributed by atoms with Gasteiger partial charge in [0.05, 0.1) is 11.4 Å². The number of fused-ring (bicyclic) bond motifs is 1. The first-order chi connectivity index (χ1) is 8.16. The molecule has 0 atom stereocenters. The monoisotopic (exact) mass is 291 g/mol. The second kappa shape index (κ2) is 3.88. The van der Waals surface area contributed by atoms with Crippen LogP contribution in [0.1, 0.15) is 23.2 Å². The summed E-state index contributed by atoms with van der Waals surface area (Å²) in [5.41, 5.74) is 10.8. The maximum atomic E-state index is 6.18. The third kappa shape index (κ3) is 1.67. The van der Waals surface area contributed by atoms with Crippen molar-refractivity contribution in [3.05, 3.63) is 39.5 Å². The number of nitrogen functional groups attached to an aromatic ring is 1. The van der Waals surface area contributed by atoms with Crippen molar-refractivity contribution in [2.45, 2.75) is 26.2 Å². The van der Waals surface area contributed by atoms with Crippen LogP contribution in [0.25, 0.3) is 5.69 Å². The van der Waals surface area contributed by atoms with E-state index in [1.54, 1.807) is 0 Å². The molecule has 17 heavy (non-hydrogen) atoms. The minimum atomic E-state index is 0.808. The highest BCUT2D eigenvalue weighted by atomic mass is 79.9. The van der Waals surface area contributed by atoms with E-state index in [0.717, 1.165) is 28.8 Å². The van der Waals surface area contributed by atoms with Crippen LogP contribution in [0.3, 0.4) is 0 Å². The third-order valence-electron chi connectivity index (χ3n) is 3.33. The fraction of sp³-hybridized carbons (Fsp3) is 0.308. The summed E-state index contributed by atoms with van der Waals surface area (Å²) in [5, 5.41) is 4.63. The van der Waals surface area contributed by atoms with Crippen LogP contribution in [0.5, 0.6) is 0 Å². The van der Waals surface area contributed by atoms with Gasteiger partial charge in [0.1, 0.15) is 5.82 Å². The Morgan fingerprint density at radius 3 is 2.88 bits per heavy atom. The van der Waals surface area contributed by atoms with Gasteiger partial charge in [0.25, 0.3) is 0 Å². The van der Waals surface area contributed by atoms with Crippen LogP contribution in [-0.4, -0.2) is 9.78 Å². The second-order valence-corrected chi connectivity index (χ2v) is 5.42. The number of hydrogen-bond acceptors (Lipinski definition) is 2. The smallest absolute Gasteiger partial charge is 0.130 e. The minimum Gasteiger partial charge on any atom is -0.383 e. The number of nitrogens with two attached hydrogens (primary N) is 1. The second-order valence-electron chi connectivity index (χ2n) is 4.51. The molecule has 1 aromatic heterocycles. The number of rotatable bonds is 1. The van der Waals surface area contributed by atoms with Gasteiger partial charge in [-0.2, -0.15) is 5.10 Å². The van der Waals surface area contributed by atoms with Crippen molar-refractivity contribution in [2.75, 3.05) is 5.73 Å². The molecule has 2 N–H and O–H groups in total. The van der Waals surface area contributed by atoms with Crippen LogP contribution in [-0.2, 0) is 12.8 Å². The first kappa shape index (κ1) is 10.8. The zero-order valence-corrected chi connectivity index (χ0v) is 11.3. The molecular weight excluding hydrogens is 278 g/mol. The fourth-order valence-electron chi connectivity index (χ4n) is 2.46. The number of aryl methyl sites for hydroxylation is 2. The van der Waals surface area contributed by atoms with Crippen molar-refractivity contribution < 1.29 is 0 Å². The molecule has 3 nitrogen and oxygen atoms in total. The maximum absolute atomic E-state index is 6.18. The Balaban J connectivity index is 2.16. The van der Waals surface area contributed by atoms with Crippen LogP contribution >= 0.6 is 15.9 Å². The van der Waals surface area contributed by atoms with Crippen molar-refractivity contribution in [1.29, 1.82) is 0 Å². The normalized spacial score (nSPS) is 14.0. The summed E-state index contributed by atoms with van der Waals surface area (Å²) in [6.07, 6.45) is 3.31. The number of benzene rings is 1. The Kier molecular flexibility index (Phi) is 2.47. The summed E-state index contributed by atoms with van der Waals surface area (Å²) in [5.74, 6) is 0.808. The summed E-state index contributed by atoms with van der Waals surface area (Å²) >= 11 is 3.47. The van der Waals surface area contributed by atoms with Gasteiger partial charge >= 0.3 is 0 Å². The van der Waals surface area contributed by atoms with E-state index in [1.807, 2.05) is 10.7 Å². The lowest BCUT2D eigenvalue weighted by atomic mass is 10.2. The average molecular weight is 292 g/mol. The number of nitrogens with zero attached hydrogens (tertiary/aromatic N) is 2. The zero-order chi connectivity index (χ0) is 12.0. The van der Waals surface area contributed by atoms with E-state index in [-0.39, 0.29) is 0 Å². The molecule has 88 valence electrons. The van der Waals surface area contributed by atoms with Crippen molar-refractivity contribution in [3.63, 3.8) is 0 Å². The molecule has 0 radical (unpaired) electrons. The maximum Gasteiger partial charge on any atom is 0.130 e. The molecule has 0 saturated carbocycles. The third-order valence-corrected chi connectivity index (χ3v) is 3.83. The number of halogens is 1. The van der Waals surface area contributed by atoms with Gasteiger partial charge in [0.15, 0.2) is 0 Å². The van der Waals surface area contributed by atoms with Gasteiger partial charge < -0.3 is 5.73 Å². The van der Waals surface area contributed by atoms with Gasteiger partial charge in [-0.15, -0.1) is 0 Å². The first-order valence-electron chi connectivity index (χ1n) is 5.79. The fourth-order valence-corrected chi connectivity index (χ4v) is 2.93. The van der Waals surface area contributed by atoms with Gasteiger partial charge in [0.2, 0.25) is 0 Å². The predicted molar refractivity (Wildman–Crippen MR) is 72.4 cm³/mol. The average Bonchev–Trinajstić information content (AvgIpc) is 2.83. The molecule has 0 unspecified atom stereocenters. The molecule has 2 aromatic rings. The molecule has 4 heteroatoms. The number of hydrogen-bond donors (Lipinski definition) is 1. The topological polar surface area (TPSA) is 43.8 Å². The largest absolute Gasteiger partial charge is 0.383 e. The van der Waals surface area contributed by atoms with E-state index in [2.05, 4.69) is 40.1 Å². The SMILES string of the molecule is Cc1cc(Br)ccc1-n1nc2c(c1N)CCC2. The molecule has 0 saturated heterocycles. The van der Waals surface area contributed by atoms with E-state index in [0.29, 0.717) is 0 Å². The molecule has 0 amide bonds. The van der Waals surface area contributed by atoms with E-state index >= 15 is 0 Å². The summed E-state index contributed by atoms with van der Waals surface area (Å²) in [4.78, 5) is 0. The summed E-state index contributed by atoms with van der Waals surface area (Å²) in [6.45, 7) is 2.08. The molecule has 1 heterocycles. The standard InChI is InChI=1S/C13H14BrN3/c1-8-7-9(14)5-6-12(8)17-13(15)10-3-2-4-11(10)16-17/h5-7H,2-4,15H2,1H3. The van der Waals surface area contributed by atoms with Gasteiger partial charge in [-0.1, -0.05) is 15.9 Å². The molecule has 1 aliphatic carbocycles. The number of aromatic nitrogens is 2. The summed E-state index contributed by atoms with van der Waals surface area (Å²) in [6, 6.07) is 6.16. The molecular formula is C13H14BrN3. The molecule has 0 bridgehead atoms. The van der Waals surface area contributed by atoms with E-state index < -0.39 is 0 Å². The summed E-state index contributed by atoms with van der Waals surface area (Å²) in [7, 11) is 0. The van der Waals surface area contributed by atoms with E-state index in [4.69, 9.17) is 5.73 Å². The Bertz CT molecular complexity index is 587. The highest BCUT2D eigenvalue weighted by molar-refractivity contribution is 9.10. The molecule has 1 aliphatic rings. The molecule has 0 fully saturated rings. The zero-order valence-electron chi connectivity index (χ0n) is 9.70. The van der Waals surface area contributed by atoms with Crippen LogP contribution in [0, 0.1) is 6.92 Å². The van der Waals surface area contributed by atoms with Crippen molar-refractivity contribution in [2.24, 2.45) is 0 Å². The van der Waals surface area contributed by atoms with Crippen LogP contribution in [0.15, 0.2) is 22.7 Å².